The third-order valence-corrected chi connectivity index (χ3v) is 8.04. The number of rotatable bonds is 6. The first kappa shape index (κ1) is 25.6. The van der Waals surface area contributed by atoms with Crippen LogP contribution < -0.4 is 5.32 Å². The number of carbonyl (C=O) groups excluding carboxylic acids is 1. The summed E-state index contributed by atoms with van der Waals surface area (Å²) in [6.07, 6.45) is 6.52. The first-order chi connectivity index (χ1) is 17.9. The molecule has 1 aromatic heterocycles. The van der Waals surface area contributed by atoms with Crippen LogP contribution in [0.25, 0.3) is 17.0 Å². The van der Waals surface area contributed by atoms with Crippen molar-refractivity contribution in [1.82, 2.24) is 15.2 Å². The molecule has 1 amide bonds. The van der Waals surface area contributed by atoms with Crippen molar-refractivity contribution < 1.29 is 18.0 Å². The van der Waals surface area contributed by atoms with Crippen LogP contribution in [0, 0.1) is 5.92 Å². The third-order valence-electron chi connectivity index (χ3n) is 8.04. The highest BCUT2D eigenvalue weighted by molar-refractivity contribution is 5.92. The SMILES string of the molecule is O=C(/C=C/c1ccccc1C(F)(F)F)NC1CCC(CN2CCC(c3c[nH]c4ccccc34)CC2)CC1. The van der Waals surface area contributed by atoms with E-state index >= 15 is 0 Å². The maximum Gasteiger partial charge on any atom is 0.416 e. The lowest BCUT2D eigenvalue weighted by Gasteiger charge is -2.36. The fourth-order valence-corrected chi connectivity index (χ4v) is 6.03. The van der Waals surface area contributed by atoms with Crippen LogP contribution in [-0.2, 0) is 11.0 Å². The number of benzene rings is 2. The molecule has 4 nitrogen and oxygen atoms in total. The van der Waals surface area contributed by atoms with Crippen LogP contribution in [0.4, 0.5) is 13.2 Å². The van der Waals surface area contributed by atoms with E-state index in [1.807, 2.05) is 0 Å². The second kappa shape index (κ2) is 11.1. The Balaban J connectivity index is 1.05. The summed E-state index contributed by atoms with van der Waals surface area (Å²) in [7, 11) is 0. The highest BCUT2D eigenvalue weighted by Gasteiger charge is 2.32. The molecule has 1 saturated carbocycles. The van der Waals surface area contributed by atoms with Gasteiger partial charge in [0, 0.05) is 35.8 Å². The molecule has 3 aromatic rings. The number of halogens is 3. The van der Waals surface area contributed by atoms with Gasteiger partial charge in [0.15, 0.2) is 0 Å². The Labute approximate surface area is 215 Å². The Morgan fingerprint density at radius 3 is 2.43 bits per heavy atom. The fourth-order valence-electron chi connectivity index (χ4n) is 6.03. The molecule has 2 N–H and O–H groups in total. The number of likely N-dealkylation sites (tertiary alicyclic amines) is 1. The molecule has 2 aromatic carbocycles. The van der Waals surface area contributed by atoms with Crippen LogP contribution in [-0.4, -0.2) is 41.5 Å². The maximum atomic E-state index is 13.2. The van der Waals surface area contributed by atoms with E-state index in [1.165, 1.54) is 53.6 Å². The first-order valence-electron chi connectivity index (χ1n) is 13.3. The van der Waals surface area contributed by atoms with Gasteiger partial charge in [-0.05, 0) is 92.8 Å². The molecule has 196 valence electrons. The van der Waals surface area contributed by atoms with Gasteiger partial charge >= 0.3 is 6.18 Å². The quantitative estimate of drug-likeness (QED) is 0.361. The molecule has 0 bridgehead atoms. The van der Waals surface area contributed by atoms with Crippen molar-refractivity contribution in [2.45, 2.75) is 56.7 Å². The minimum absolute atomic E-state index is 0.00215. The largest absolute Gasteiger partial charge is 0.416 e. The summed E-state index contributed by atoms with van der Waals surface area (Å²) in [5.74, 6) is 0.904. The topological polar surface area (TPSA) is 48.1 Å². The van der Waals surface area contributed by atoms with Crippen LogP contribution in [0.2, 0.25) is 0 Å². The van der Waals surface area contributed by atoms with Crippen molar-refractivity contribution in [2.75, 3.05) is 19.6 Å². The molecule has 0 radical (unpaired) electrons. The number of alkyl halides is 3. The Kier molecular flexibility index (Phi) is 7.70. The van der Waals surface area contributed by atoms with Crippen LogP contribution in [0.5, 0.6) is 0 Å². The number of nitrogens with zero attached hydrogens (tertiary/aromatic N) is 1. The second-order valence-electron chi connectivity index (χ2n) is 10.5. The van der Waals surface area contributed by atoms with Gasteiger partial charge in [0.1, 0.15) is 0 Å². The van der Waals surface area contributed by atoms with Gasteiger partial charge in [-0.25, -0.2) is 0 Å². The number of aromatic nitrogens is 1. The summed E-state index contributed by atoms with van der Waals surface area (Å²) in [4.78, 5) is 18.4. The minimum Gasteiger partial charge on any atom is -0.361 e. The Morgan fingerprint density at radius 2 is 1.68 bits per heavy atom. The van der Waals surface area contributed by atoms with E-state index < -0.39 is 11.7 Å². The molecule has 37 heavy (non-hydrogen) atoms. The van der Waals surface area contributed by atoms with Crippen LogP contribution in [0.3, 0.4) is 0 Å². The van der Waals surface area contributed by atoms with E-state index in [2.05, 4.69) is 45.7 Å². The first-order valence-corrected chi connectivity index (χ1v) is 13.3. The number of carbonyl (C=O) groups is 1. The molecule has 5 rings (SSSR count). The number of para-hydroxylation sites is 1. The number of fused-ring (bicyclic) bond motifs is 1. The summed E-state index contributed by atoms with van der Waals surface area (Å²) >= 11 is 0. The van der Waals surface area contributed by atoms with E-state index in [0.29, 0.717) is 11.8 Å². The van der Waals surface area contributed by atoms with Crippen molar-refractivity contribution in [3.8, 4) is 0 Å². The Morgan fingerprint density at radius 1 is 0.973 bits per heavy atom. The maximum absolute atomic E-state index is 13.2. The molecule has 2 fully saturated rings. The molecular formula is C30H34F3N3O. The molecule has 7 heteroatoms. The van der Waals surface area contributed by atoms with E-state index in [1.54, 1.807) is 6.07 Å². The van der Waals surface area contributed by atoms with Crippen LogP contribution in [0.15, 0.2) is 60.8 Å². The lowest BCUT2D eigenvalue weighted by Crippen LogP contribution is -2.41. The van der Waals surface area contributed by atoms with Gasteiger partial charge < -0.3 is 15.2 Å². The van der Waals surface area contributed by atoms with Crippen molar-refractivity contribution >= 4 is 22.9 Å². The van der Waals surface area contributed by atoms with Crippen molar-refractivity contribution in [1.29, 1.82) is 0 Å². The third kappa shape index (κ3) is 6.27. The summed E-state index contributed by atoms with van der Waals surface area (Å²) in [5.41, 5.74) is 1.93. The Bertz CT molecular complexity index is 1230. The zero-order valence-electron chi connectivity index (χ0n) is 20.9. The molecule has 1 aliphatic heterocycles. The van der Waals surface area contributed by atoms with Crippen LogP contribution >= 0.6 is 0 Å². The summed E-state index contributed by atoms with van der Waals surface area (Å²) in [6.45, 7) is 3.34. The number of H-pyrrole nitrogens is 1. The van der Waals surface area contributed by atoms with Gasteiger partial charge in [-0.2, -0.15) is 13.2 Å². The number of nitrogens with one attached hydrogen (secondary N) is 2. The summed E-state index contributed by atoms with van der Waals surface area (Å²) < 4.78 is 39.5. The molecule has 0 unspecified atom stereocenters. The van der Waals surface area contributed by atoms with Crippen molar-refractivity contribution in [2.24, 2.45) is 5.92 Å². The smallest absolute Gasteiger partial charge is 0.361 e. The zero-order valence-corrected chi connectivity index (χ0v) is 20.9. The number of aromatic amines is 1. The minimum atomic E-state index is -4.44. The number of hydrogen-bond donors (Lipinski definition) is 2. The number of amides is 1. The van der Waals surface area contributed by atoms with Crippen LogP contribution in [0.1, 0.15) is 61.1 Å². The standard InChI is InChI=1S/C30H34F3N3O/c31-30(32,33)27-7-3-1-5-23(27)11-14-29(37)35-24-12-9-21(10-13-24)20-36-17-15-22(16-18-36)26-19-34-28-8-4-2-6-25(26)28/h1-8,11,14,19,21-22,24,34H,9-10,12-13,15-18,20H2,(H,35,37)/b14-11+. The summed E-state index contributed by atoms with van der Waals surface area (Å²) in [5, 5.41) is 4.33. The lowest BCUT2D eigenvalue weighted by atomic mass is 9.84. The molecule has 1 aliphatic carbocycles. The van der Waals surface area contributed by atoms with Gasteiger partial charge in [-0.15, -0.1) is 0 Å². The van der Waals surface area contributed by atoms with Gasteiger partial charge in [0.25, 0.3) is 0 Å². The Hall–Kier alpha value is -3.06. The monoisotopic (exact) mass is 509 g/mol. The van der Waals surface area contributed by atoms with Crippen molar-refractivity contribution in [3.63, 3.8) is 0 Å². The summed E-state index contributed by atoms with van der Waals surface area (Å²) in [6, 6.07) is 13.9. The number of hydrogen-bond acceptors (Lipinski definition) is 2. The molecule has 2 heterocycles. The average Bonchev–Trinajstić information content (AvgIpc) is 3.33. The molecular weight excluding hydrogens is 475 g/mol. The zero-order chi connectivity index (χ0) is 25.8. The van der Waals surface area contributed by atoms with Gasteiger partial charge in [0.05, 0.1) is 5.56 Å². The predicted molar refractivity (Wildman–Crippen MR) is 141 cm³/mol. The lowest BCUT2D eigenvalue weighted by molar-refractivity contribution is -0.137. The highest BCUT2D eigenvalue weighted by atomic mass is 19.4. The fraction of sp³-hybridized carbons (Fsp3) is 0.433. The predicted octanol–water partition coefficient (Wildman–Crippen LogP) is 6.75. The second-order valence-corrected chi connectivity index (χ2v) is 10.5. The average molecular weight is 510 g/mol. The molecule has 2 aliphatic rings. The van der Waals surface area contributed by atoms with Gasteiger partial charge in [-0.3, -0.25) is 4.79 Å². The van der Waals surface area contributed by atoms with Gasteiger partial charge in [0.2, 0.25) is 5.91 Å². The molecule has 1 saturated heterocycles. The highest BCUT2D eigenvalue weighted by Crippen LogP contribution is 2.35. The van der Waals surface area contributed by atoms with Crippen molar-refractivity contribution in [3.05, 3.63) is 77.5 Å². The van der Waals surface area contributed by atoms with E-state index in [0.717, 1.165) is 51.4 Å². The van der Waals surface area contributed by atoms with E-state index in [9.17, 15) is 18.0 Å². The van der Waals surface area contributed by atoms with E-state index in [-0.39, 0.29) is 17.5 Å². The number of piperidine rings is 1. The molecule has 0 spiro atoms. The van der Waals surface area contributed by atoms with E-state index in [4.69, 9.17) is 0 Å². The van der Waals surface area contributed by atoms with Gasteiger partial charge in [-0.1, -0.05) is 36.4 Å². The molecule has 0 atom stereocenters. The normalized spacial score (nSPS) is 22.0.